The Balaban J connectivity index is 1.70. The largest absolute Gasteiger partial charge is 0.464 e. The van der Waals surface area contributed by atoms with Gasteiger partial charge in [-0.3, -0.25) is 0 Å². The maximum atomic E-state index is 14.0. The van der Waals surface area contributed by atoms with E-state index in [-0.39, 0.29) is 12.4 Å². The fourth-order valence-electron chi connectivity index (χ4n) is 3.58. The molecule has 1 aliphatic heterocycles. The number of fused-ring (bicyclic) bond motifs is 1. The molecule has 29 heavy (non-hydrogen) atoms. The number of aliphatic hydroxyl groups excluding tert-OH is 2. The second kappa shape index (κ2) is 8.74. The van der Waals surface area contributed by atoms with Gasteiger partial charge < -0.3 is 19.7 Å². The van der Waals surface area contributed by atoms with Gasteiger partial charge in [-0.2, -0.15) is 0 Å². The van der Waals surface area contributed by atoms with Crippen molar-refractivity contribution in [2.45, 2.75) is 31.3 Å². The highest BCUT2D eigenvalue weighted by Gasteiger charge is 2.30. The predicted octanol–water partition coefficient (Wildman–Crippen LogP) is 4.39. The van der Waals surface area contributed by atoms with Crippen LogP contribution in [0, 0.1) is 5.82 Å². The molecule has 1 aliphatic rings. The molecule has 1 heterocycles. The van der Waals surface area contributed by atoms with Crippen LogP contribution < -0.4 is 4.74 Å². The molecule has 4 rings (SSSR count). The van der Waals surface area contributed by atoms with Crippen LogP contribution in [-0.2, 0) is 4.74 Å². The predicted molar refractivity (Wildman–Crippen MR) is 111 cm³/mol. The van der Waals surface area contributed by atoms with Gasteiger partial charge in [-0.15, -0.1) is 0 Å². The second-order valence-electron chi connectivity index (χ2n) is 7.17. The van der Waals surface area contributed by atoms with Crippen LogP contribution in [0.15, 0.2) is 60.7 Å². The van der Waals surface area contributed by atoms with Crippen molar-refractivity contribution in [2.75, 3.05) is 6.61 Å². The van der Waals surface area contributed by atoms with E-state index in [1.165, 1.54) is 6.07 Å². The summed E-state index contributed by atoms with van der Waals surface area (Å²) < 4.78 is 26.0. The Hall–Kier alpha value is -2.73. The maximum absolute atomic E-state index is 14.0. The lowest BCUT2D eigenvalue weighted by Crippen LogP contribution is -2.40. The third-order valence-corrected chi connectivity index (χ3v) is 5.05. The quantitative estimate of drug-likeness (QED) is 0.631. The molecule has 4 nitrogen and oxygen atoms in total. The molecule has 0 amide bonds. The Labute approximate surface area is 168 Å². The fraction of sp³-hybridized carbons (Fsp3) is 0.250. The molecular weight excluding hydrogens is 371 g/mol. The average Bonchev–Trinajstić information content (AvgIpc) is 2.73. The number of hydrogen-bond donors (Lipinski definition) is 2. The number of benzene rings is 3. The van der Waals surface area contributed by atoms with Crippen LogP contribution in [-0.4, -0.2) is 35.3 Å². The van der Waals surface area contributed by atoms with Gasteiger partial charge in [0.2, 0.25) is 6.29 Å². The Morgan fingerprint density at radius 2 is 1.72 bits per heavy atom. The SMILES string of the molecule is OCC1CC(O)CC(Oc2c(/C=C/c3ccccc3F)ccc3ccccc23)O1. The van der Waals surface area contributed by atoms with Crippen LogP contribution >= 0.6 is 0 Å². The van der Waals surface area contributed by atoms with Gasteiger partial charge in [0, 0.05) is 29.4 Å². The molecule has 2 N–H and O–H groups in total. The molecule has 3 aromatic rings. The molecule has 5 heteroatoms. The van der Waals surface area contributed by atoms with E-state index >= 15 is 0 Å². The van der Waals surface area contributed by atoms with Gasteiger partial charge in [0.1, 0.15) is 11.6 Å². The Kier molecular flexibility index (Phi) is 5.90. The highest BCUT2D eigenvalue weighted by atomic mass is 19.1. The van der Waals surface area contributed by atoms with Gasteiger partial charge in [0.05, 0.1) is 18.8 Å². The summed E-state index contributed by atoms with van der Waals surface area (Å²) in [5, 5.41) is 21.4. The third-order valence-electron chi connectivity index (χ3n) is 5.05. The van der Waals surface area contributed by atoms with Gasteiger partial charge in [-0.05, 0) is 11.5 Å². The summed E-state index contributed by atoms with van der Waals surface area (Å²) in [6, 6.07) is 18.3. The standard InChI is InChI=1S/C24H23FO4/c25-22-8-4-2-6-17(22)10-12-18-11-9-16-5-1-3-7-21(16)24(18)29-23-14-19(27)13-20(15-26)28-23/h1-12,19-20,23,26-27H,13-15H2/b12-10+. The number of aliphatic hydroxyl groups is 2. The monoisotopic (exact) mass is 394 g/mol. The van der Waals surface area contributed by atoms with E-state index in [9.17, 15) is 14.6 Å². The summed E-state index contributed by atoms with van der Waals surface area (Å²) in [5.74, 6) is 0.308. The lowest BCUT2D eigenvalue weighted by molar-refractivity contribution is -0.184. The van der Waals surface area contributed by atoms with E-state index in [1.807, 2.05) is 42.5 Å². The number of halogens is 1. The first-order valence-electron chi connectivity index (χ1n) is 9.69. The van der Waals surface area contributed by atoms with Crippen molar-refractivity contribution in [3.05, 3.63) is 77.6 Å². The van der Waals surface area contributed by atoms with Crippen LogP contribution in [0.1, 0.15) is 24.0 Å². The maximum Gasteiger partial charge on any atom is 0.202 e. The van der Waals surface area contributed by atoms with Gasteiger partial charge in [-0.25, -0.2) is 4.39 Å². The molecule has 3 aromatic carbocycles. The summed E-state index contributed by atoms with van der Waals surface area (Å²) in [6.45, 7) is -0.174. The number of rotatable bonds is 5. The van der Waals surface area contributed by atoms with Gasteiger partial charge >= 0.3 is 0 Å². The molecular formula is C24H23FO4. The van der Waals surface area contributed by atoms with E-state index in [0.717, 1.165) is 16.3 Å². The molecule has 1 fully saturated rings. The summed E-state index contributed by atoms with van der Waals surface area (Å²) in [5.41, 5.74) is 1.26. The Morgan fingerprint density at radius 1 is 0.966 bits per heavy atom. The minimum atomic E-state index is -0.678. The summed E-state index contributed by atoms with van der Waals surface area (Å²) in [6.07, 6.45) is 2.47. The first kappa shape index (κ1) is 19.6. The molecule has 0 bridgehead atoms. The Bertz CT molecular complexity index is 1020. The van der Waals surface area contributed by atoms with Gasteiger partial charge in [0.25, 0.3) is 0 Å². The molecule has 0 radical (unpaired) electrons. The lowest BCUT2D eigenvalue weighted by atomic mass is 10.0. The average molecular weight is 394 g/mol. The van der Waals surface area contributed by atoms with Gasteiger partial charge in [0.15, 0.2) is 0 Å². The summed E-state index contributed by atoms with van der Waals surface area (Å²) in [4.78, 5) is 0. The van der Waals surface area contributed by atoms with Crippen LogP contribution in [0.3, 0.4) is 0 Å². The minimum absolute atomic E-state index is 0.174. The summed E-state index contributed by atoms with van der Waals surface area (Å²) in [7, 11) is 0. The fourth-order valence-corrected chi connectivity index (χ4v) is 3.58. The molecule has 0 spiro atoms. The number of hydrogen-bond acceptors (Lipinski definition) is 4. The van der Waals surface area contributed by atoms with E-state index < -0.39 is 18.5 Å². The minimum Gasteiger partial charge on any atom is -0.464 e. The van der Waals surface area contributed by atoms with Crippen molar-refractivity contribution in [3.8, 4) is 5.75 Å². The zero-order valence-corrected chi connectivity index (χ0v) is 15.9. The molecule has 150 valence electrons. The van der Waals surface area contributed by atoms with E-state index in [4.69, 9.17) is 9.47 Å². The lowest BCUT2D eigenvalue weighted by Gasteiger charge is -2.32. The van der Waals surface area contributed by atoms with Crippen molar-refractivity contribution < 1.29 is 24.1 Å². The Morgan fingerprint density at radius 3 is 2.55 bits per heavy atom. The molecule has 3 unspecified atom stereocenters. The van der Waals surface area contributed by atoms with Crippen LogP contribution in [0.2, 0.25) is 0 Å². The topological polar surface area (TPSA) is 58.9 Å². The van der Waals surface area contributed by atoms with Crippen LogP contribution in [0.5, 0.6) is 5.75 Å². The van der Waals surface area contributed by atoms with Crippen LogP contribution in [0.4, 0.5) is 4.39 Å². The van der Waals surface area contributed by atoms with Crippen molar-refractivity contribution in [1.29, 1.82) is 0 Å². The normalized spacial score (nSPS) is 22.2. The summed E-state index contributed by atoms with van der Waals surface area (Å²) >= 11 is 0. The zero-order valence-electron chi connectivity index (χ0n) is 15.9. The van der Waals surface area contributed by atoms with E-state index in [1.54, 1.807) is 24.3 Å². The van der Waals surface area contributed by atoms with Gasteiger partial charge in [-0.1, -0.05) is 66.7 Å². The molecule has 0 saturated carbocycles. The highest BCUT2D eigenvalue weighted by molar-refractivity contribution is 5.93. The smallest absolute Gasteiger partial charge is 0.202 e. The van der Waals surface area contributed by atoms with E-state index in [0.29, 0.717) is 24.2 Å². The van der Waals surface area contributed by atoms with Crippen molar-refractivity contribution in [2.24, 2.45) is 0 Å². The van der Waals surface area contributed by atoms with Crippen molar-refractivity contribution >= 4 is 22.9 Å². The zero-order chi connectivity index (χ0) is 20.2. The molecule has 0 aliphatic carbocycles. The second-order valence-corrected chi connectivity index (χ2v) is 7.17. The molecule has 0 aromatic heterocycles. The number of ether oxygens (including phenoxy) is 2. The van der Waals surface area contributed by atoms with E-state index in [2.05, 4.69) is 0 Å². The first-order valence-corrected chi connectivity index (χ1v) is 9.69. The third kappa shape index (κ3) is 4.48. The highest BCUT2D eigenvalue weighted by Crippen LogP contribution is 2.34. The molecule has 3 atom stereocenters. The van der Waals surface area contributed by atoms with Crippen molar-refractivity contribution in [1.82, 2.24) is 0 Å². The van der Waals surface area contributed by atoms with Crippen LogP contribution in [0.25, 0.3) is 22.9 Å². The first-order chi connectivity index (χ1) is 14.1. The molecule has 1 saturated heterocycles. The van der Waals surface area contributed by atoms with Crippen molar-refractivity contribution in [3.63, 3.8) is 0 Å².